The van der Waals surface area contributed by atoms with Crippen LogP contribution in [0.5, 0.6) is 0 Å². The summed E-state index contributed by atoms with van der Waals surface area (Å²) in [7, 11) is 0. The maximum Gasteiger partial charge on any atom is 0.227 e. The third-order valence-electron chi connectivity index (χ3n) is 2.89. The van der Waals surface area contributed by atoms with Crippen molar-refractivity contribution in [1.82, 2.24) is 0 Å². The zero-order valence-electron chi connectivity index (χ0n) is 9.66. The Morgan fingerprint density at radius 2 is 2.29 bits per heavy atom. The van der Waals surface area contributed by atoms with Crippen LogP contribution in [0.1, 0.15) is 17.4 Å². The van der Waals surface area contributed by atoms with E-state index in [1.54, 1.807) is 17.4 Å². The summed E-state index contributed by atoms with van der Waals surface area (Å²) < 4.78 is 19.8. The summed E-state index contributed by atoms with van der Waals surface area (Å²) in [6, 6.07) is 5.09. The maximum atomic E-state index is 13.2. The van der Waals surface area contributed by atoms with E-state index in [0.29, 0.717) is 12.5 Å². The highest BCUT2D eigenvalue weighted by Gasteiger charge is 2.21. The lowest BCUT2D eigenvalue weighted by molar-refractivity contribution is 0.324. The molecule has 0 saturated carbocycles. The minimum atomic E-state index is -0.201. The predicted octanol–water partition coefficient (Wildman–Crippen LogP) is 3.51. The topological polar surface area (TPSA) is 21.6 Å². The number of aryl methyl sites for hydroxylation is 1. The van der Waals surface area contributed by atoms with Crippen molar-refractivity contribution >= 4 is 27.3 Å². The Morgan fingerprint density at radius 3 is 3.00 bits per heavy atom. The van der Waals surface area contributed by atoms with Gasteiger partial charge in [-0.1, -0.05) is 0 Å². The second-order valence-corrected chi connectivity index (χ2v) is 5.34. The van der Waals surface area contributed by atoms with E-state index >= 15 is 0 Å². The molecule has 1 aromatic carbocycles. The second-order valence-electron chi connectivity index (χ2n) is 4.29. The molecule has 0 bridgehead atoms. The number of ether oxygens (including phenoxy) is 1. The van der Waals surface area contributed by atoms with Crippen molar-refractivity contribution in [2.45, 2.75) is 19.9 Å². The third-order valence-corrected chi connectivity index (χ3v) is 4.15. The Balaban J connectivity index is 2.18. The van der Waals surface area contributed by atoms with Crippen LogP contribution in [0.2, 0.25) is 0 Å². The summed E-state index contributed by atoms with van der Waals surface area (Å²) in [5.41, 5.74) is 1.05. The monoisotopic (exact) mass is 249 g/mol. The number of aliphatic imine (C=N–C) groups is 1. The lowest BCUT2D eigenvalue weighted by atomic mass is 10.1. The van der Waals surface area contributed by atoms with Crippen LogP contribution in [0, 0.1) is 12.7 Å². The van der Waals surface area contributed by atoms with Gasteiger partial charge in [0.15, 0.2) is 0 Å². The lowest BCUT2D eigenvalue weighted by Gasteiger charge is -1.98. The van der Waals surface area contributed by atoms with Crippen molar-refractivity contribution in [3.05, 3.63) is 34.5 Å². The zero-order chi connectivity index (χ0) is 12.0. The molecule has 1 aliphatic heterocycles. The van der Waals surface area contributed by atoms with E-state index in [9.17, 15) is 4.39 Å². The molecule has 0 amide bonds. The number of thiophene rings is 1. The van der Waals surface area contributed by atoms with E-state index in [-0.39, 0.29) is 11.9 Å². The first-order valence-electron chi connectivity index (χ1n) is 5.55. The van der Waals surface area contributed by atoms with E-state index in [0.717, 1.165) is 20.5 Å². The predicted molar refractivity (Wildman–Crippen MR) is 68.5 cm³/mol. The molecule has 2 aromatic rings. The number of hydrogen-bond donors (Lipinski definition) is 0. The Kier molecular flexibility index (Phi) is 2.40. The molecule has 0 aliphatic carbocycles. The molecule has 0 spiro atoms. The van der Waals surface area contributed by atoms with Crippen molar-refractivity contribution in [2.24, 2.45) is 4.99 Å². The van der Waals surface area contributed by atoms with E-state index < -0.39 is 0 Å². The van der Waals surface area contributed by atoms with Crippen LogP contribution >= 0.6 is 11.3 Å². The van der Waals surface area contributed by atoms with Crippen LogP contribution < -0.4 is 0 Å². The van der Waals surface area contributed by atoms with E-state index in [2.05, 4.69) is 4.99 Å². The van der Waals surface area contributed by atoms with Crippen molar-refractivity contribution in [2.75, 3.05) is 6.61 Å². The van der Waals surface area contributed by atoms with Crippen LogP contribution in [0.25, 0.3) is 10.1 Å². The summed E-state index contributed by atoms with van der Waals surface area (Å²) in [6.07, 6.45) is 0. The Hall–Kier alpha value is -1.42. The number of fused-ring (bicyclic) bond motifs is 1. The van der Waals surface area contributed by atoms with Gasteiger partial charge in [0.2, 0.25) is 5.90 Å². The van der Waals surface area contributed by atoms with Gasteiger partial charge in [-0.15, -0.1) is 11.3 Å². The number of hydrogen-bond acceptors (Lipinski definition) is 3. The lowest BCUT2D eigenvalue weighted by Crippen LogP contribution is -2.01. The molecule has 0 saturated heterocycles. The molecule has 1 atom stereocenters. The highest BCUT2D eigenvalue weighted by atomic mass is 32.1. The Bertz CT molecular complexity index is 617. The van der Waals surface area contributed by atoms with E-state index in [1.807, 2.05) is 19.9 Å². The van der Waals surface area contributed by atoms with E-state index in [1.165, 1.54) is 6.07 Å². The quantitative estimate of drug-likeness (QED) is 0.757. The first-order valence-corrected chi connectivity index (χ1v) is 6.36. The summed E-state index contributed by atoms with van der Waals surface area (Å²) in [6.45, 7) is 4.65. The van der Waals surface area contributed by atoms with Crippen molar-refractivity contribution in [1.29, 1.82) is 0 Å². The van der Waals surface area contributed by atoms with Crippen LogP contribution in [0.3, 0.4) is 0 Å². The molecule has 3 rings (SSSR count). The fourth-order valence-electron chi connectivity index (χ4n) is 2.00. The summed E-state index contributed by atoms with van der Waals surface area (Å²) >= 11 is 1.61. The first-order chi connectivity index (χ1) is 8.15. The normalized spacial score (nSPS) is 19.5. The molecular weight excluding hydrogens is 237 g/mol. The maximum absolute atomic E-state index is 13.2. The van der Waals surface area contributed by atoms with Crippen molar-refractivity contribution < 1.29 is 9.13 Å². The fraction of sp³-hybridized carbons (Fsp3) is 0.308. The summed E-state index contributed by atoms with van der Waals surface area (Å²) in [4.78, 5) is 5.47. The number of halogens is 1. The van der Waals surface area contributed by atoms with Crippen molar-refractivity contribution in [3.63, 3.8) is 0 Å². The molecule has 88 valence electrons. The van der Waals surface area contributed by atoms with Gasteiger partial charge in [0.1, 0.15) is 12.4 Å². The standard InChI is InChI=1S/C13H12FNOS/c1-7-6-16-13(15-7)12-8(2)10-5-9(14)3-4-11(10)17-12/h3-5,7H,6H2,1-2H3. The van der Waals surface area contributed by atoms with Gasteiger partial charge in [-0.2, -0.15) is 0 Å². The van der Waals surface area contributed by atoms with Gasteiger partial charge in [0.05, 0.1) is 10.9 Å². The zero-order valence-corrected chi connectivity index (χ0v) is 10.5. The van der Waals surface area contributed by atoms with Gasteiger partial charge in [0.25, 0.3) is 0 Å². The summed E-state index contributed by atoms with van der Waals surface area (Å²) in [5.74, 6) is 0.504. The van der Waals surface area contributed by atoms with Gasteiger partial charge in [-0.25, -0.2) is 9.38 Å². The average Bonchev–Trinajstić information content (AvgIpc) is 2.84. The minimum absolute atomic E-state index is 0.201. The average molecular weight is 249 g/mol. The number of rotatable bonds is 1. The highest BCUT2D eigenvalue weighted by Crippen LogP contribution is 2.33. The minimum Gasteiger partial charge on any atom is -0.475 e. The molecule has 2 nitrogen and oxygen atoms in total. The van der Waals surface area contributed by atoms with E-state index in [4.69, 9.17) is 4.74 Å². The van der Waals surface area contributed by atoms with Gasteiger partial charge in [-0.3, -0.25) is 0 Å². The smallest absolute Gasteiger partial charge is 0.227 e. The summed E-state index contributed by atoms with van der Waals surface area (Å²) in [5, 5.41) is 0.954. The Morgan fingerprint density at radius 1 is 1.47 bits per heavy atom. The second kappa shape index (κ2) is 3.81. The molecule has 0 N–H and O–H groups in total. The van der Waals surface area contributed by atoms with Gasteiger partial charge in [-0.05, 0) is 43.0 Å². The highest BCUT2D eigenvalue weighted by molar-refractivity contribution is 7.21. The van der Waals surface area contributed by atoms with Gasteiger partial charge in [0, 0.05) is 4.70 Å². The fourth-order valence-corrected chi connectivity index (χ4v) is 3.14. The largest absolute Gasteiger partial charge is 0.475 e. The van der Waals surface area contributed by atoms with Crippen molar-refractivity contribution in [3.8, 4) is 0 Å². The molecule has 1 unspecified atom stereocenters. The first kappa shape index (κ1) is 10.7. The number of benzene rings is 1. The molecule has 4 heteroatoms. The van der Waals surface area contributed by atoms with Crippen LogP contribution in [-0.4, -0.2) is 18.5 Å². The SMILES string of the molecule is Cc1c(C2=NC(C)CO2)sc2ccc(F)cc12. The molecule has 0 fully saturated rings. The molecule has 17 heavy (non-hydrogen) atoms. The van der Waals surface area contributed by atoms with Crippen LogP contribution in [-0.2, 0) is 4.74 Å². The van der Waals surface area contributed by atoms with Crippen LogP contribution in [0.15, 0.2) is 23.2 Å². The molecule has 1 aromatic heterocycles. The molecular formula is C13H12FNOS. The van der Waals surface area contributed by atoms with Gasteiger partial charge < -0.3 is 4.74 Å². The molecule has 1 aliphatic rings. The molecule has 2 heterocycles. The van der Waals surface area contributed by atoms with Gasteiger partial charge >= 0.3 is 0 Å². The Labute approximate surface area is 103 Å². The van der Waals surface area contributed by atoms with Crippen LogP contribution in [0.4, 0.5) is 4.39 Å². The third kappa shape index (κ3) is 1.72. The number of nitrogens with zero attached hydrogens (tertiary/aromatic N) is 1. The molecule has 0 radical (unpaired) electrons.